The first-order valence-corrected chi connectivity index (χ1v) is 10.1. The van der Waals surface area contributed by atoms with E-state index in [1.807, 2.05) is 19.2 Å². The Hall–Kier alpha value is -1.71. The maximum atomic E-state index is 11.7. The van der Waals surface area contributed by atoms with E-state index >= 15 is 0 Å². The molecule has 0 bridgehead atoms. The molecule has 0 saturated carbocycles. The first kappa shape index (κ1) is 23.6. The van der Waals surface area contributed by atoms with E-state index < -0.39 is 0 Å². The lowest BCUT2D eigenvalue weighted by molar-refractivity contribution is -0.146. The second-order valence-electron chi connectivity index (χ2n) is 7.51. The molecule has 0 radical (unpaired) electrons. The Labute approximate surface area is 190 Å². The Bertz CT molecular complexity index is 692. The van der Waals surface area contributed by atoms with Crippen molar-refractivity contribution in [3.8, 4) is 5.75 Å². The summed E-state index contributed by atoms with van der Waals surface area (Å²) < 4.78 is 10.2. The van der Waals surface area contributed by atoms with Gasteiger partial charge in [0.2, 0.25) is 0 Å². The number of likely N-dealkylation sites (tertiary alicyclic amines) is 1. The molecule has 1 unspecified atom stereocenters. The van der Waals surface area contributed by atoms with Crippen LogP contribution in [0.15, 0.2) is 29.3 Å². The summed E-state index contributed by atoms with van der Waals surface area (Å²) in [5.41, 5.74) is 1.22. The topological polar surface area (TPSA) is 66.4 Å². The van der Waals surface area contributed by atoms with Gasteiger partial charge in [0.05, 0.1) is 20.1 Å². The summed E-state index contributed by atoms with van der Waals surface area (Å²) in [4.78, 5) is 20.8. The van der Waals surface area contributed by atoms with Crippen LogP contribution in [0.25, 0.3) is 0 Å². The smallest absolute Gasteiger partial charge is 0.308 e. The van der Waals surface area contributed by atoms with Crippen LogP contribution >= 0.6 is 24.0 Å². The Morgan fingerprint density at radius 2 is 1.97 bits per heavy atom. The number of methoxy groups -OCH3 is 2. The van der Waals surface area contributed by atoms with Crippen molar-refractivity contribution in [3.05, 3.63) is 24.3 Å². The van der Waals surface area contributed by atoms with Gasteiger partial charge in [-0.1, -0.05) is 6.07 Å². The van der Waals surface area contributed by atoms with Crippen LogP contribution in [-0.4, -0.2) is 70.8 Å². The Morgan fingerprint density at radius 3 is 2.62 bits per heavy atom. The van der Waals surface area contributed by atoms with Crippen molar-refractivity contribution in [2.75, 3.05) is 58.9 Å². The third-order valence-corrected chi connectivity index (χ3v) is 5.79. The molecule has 1 atom stereocenters. The highest BCUT2D eigenvalue weighted by Crippen LogP contribution is 2.26. The van der Waals surface area contributed by atoms with Gasteiger partial charge in [-0.25, -0.2) is 0 Å². The van der Waals surface area contributed by atoms with Gasteiger partial charge in [-0.2, -0.15) is 0 Å². The van der Waals surface area contributed by atoms with Crippen molar-refractivity contribution >= 4 is 41.6 Å². The maximum absolute atomic E-state index is 11.7. The average molecular weight is 516 g/mol. The molecule has 1 N–H and O–H groups in total. The van der Waals surface area contributed by atoms with E-state index in [0.29, 0.717) is 5.92 Å². The van der Waals surface area contributed by atoms with Crippen LogP contribution in [0.3, 0.4) is 0 Å². The summed E-state index contributed by atoms with van der Waals surface area (Å²) in [6.45, 7) is 4.66. The summed E-state index contributed by atoms with van der Waals surface area (Å²) >= 11 is 0. The molecule has 2 aliphatic rings. The normalized spacial score (nSPS) is 20.2. The van der Waals surface area contributed by atoms with Crippen LogP contribution in [-0.2, 0) is 9.53 Å². The second-order valence-corrected chi connectivity index (χ2v) is 7.51. The van der Waals surface area contributed by atoms with Crippen molar-refractivity contribution in [1.82, 2.24) is 10.2 Å². The number of rotatable bonds is 5. The van der Waals surface area contributed by atoms with Gasteiger partial charge in [0.1, 0.15) is 5.75 Å². The quantitative estimate of drug-likeness (QED) is 0.281. The maximum Gasteiger partial charge on any atom is 0.308 e. The van der Waals surface area contributed by atoms with Crippen molar-refractivity contribution < 1.29 is 14.3 Å². The third kappa shape index (κ3) is 6.13. The van der Waals surface area contributed by atoms with Crippen molar-refractivity contribution in [1.29, 1.82) is 0 Å². The van der Waals surface area contributed by atoms with Gasteiger partial charge in [0, 0.05) is 51.5 Å². The molecule has 2 saturated heterocycles. The first-order valence-electron chi connectivity index (χ1n) is 10.1. The molecule has 2 heterocycles. The highest BCUT2D eigenvalue weighted by Gasteiger charge is 2.28. The number of ether oxygens (including phenoxy) is 2. The lowest BCUT2D eigenvalue weighted by atomic mass is 9.97. The van der Waals surface area contributed by atoms with Crippen molar-refractivity contribution in [2.45, 2.75) is 19.3 Å². The van der Waals surface area contributed by atoms with Gasteiger partial charge >= 0.3 is 5.97 Å². The Morgan fingerprint density at radius 1 is 1.21 bits per heavy atom. The fraction of sp³-hybridized carbons (Fsp3) is 0.619. The molecule has 0 aliphatic carbocycles. The van der Waals surface area contributed by atoms with Crippen molar-refractivity contribution in [2.24, 2.45) is 16.8 Å². The fourth-order valence-corrected chi connectivity index (χ4v) is 4.10. The minimum atomic E-state index is -0.0915. The summed E-state index contributed by atoms with van der Waals surface area (Å²) in [5, 5.41) is 3.54. The number of hydrogen-bond donors (Lipinski definition) is 1. The molecule has 1 aromatic rings. The van der Waals surface area contributed by atoms with E-state index in [0.717, 1.165) is 63.7 Å². The van der Waals surface area contributed by atoms with Crippen LogP contribution in [0.2, 0.25) is 0 Å². The van der Waals surface area contributed by atoms with Gasteiger partial charge in [0.25, 0.3) is 0 Å². The number of carbonyl (C=O) groups is 1. The molecule has 0 aromatic heterocycles. The van der Waals surface area contributed by atoms with Gasteiger partial charge in [-0.05, 0) is 37.3 Å². The summed E-state index contributed by atoms with van der Waals surface area (Å²) in [6, 6.07) is 8.26. The van der Waals surface area contributed by atoms with Crippen LogP contribution < -0.4 is 15.0 Å². The van der Waals surface area contributed by atoms with Crippen molar-refractivity contribution in [3.63, 3.8) is 0 Å². The number of halogens is 1. The predicted molar refractivity (Wildman–Crippen MR) is 126 cm³/mol. The van der Waals surface area contributed by atoms with Gasteiger partial charge in [0.15, 0.2) is 5.96 Å². The molecule has 7 nitrogen and oxygen atoms in total. The molecular weight excluding hydrogens is 483 g/mol. The molecule has 2 aliphatic heterocycles. The standard InChI is InChI=1S/C21H32N4O3.HI/c1-22-21(24-11-8-17(9-12-24)20(26)28-3)23-14-16-7-10-25(15-16)18-5-4-6-19(13-18)27-2;/h4-6,13,16-17H,7-12,14-15H2,1-3H3,(H,22,23);1H. The Balaban J connectivity index is 0.00000300. The number of piperidine rings is 1. The average Bonchev–Trinajstić information content (AvgIpc) is 3.23. The van der Waals surface area contributed by atoms with Gasteiger partial charge in [-0.15, -0.1) is 24.0 Å². The summed E-state index contributed by atoms with van der Waals surface area (Å²) in [5.74, 6) is 2.34. The zero-order valence-electron chi connectivity index (χ0n) is 17.6. The molecule has 0 spiro atoms. The molecule has 2 fully saturated rings. The number of carbonyl (C=O) groups excluding carboxylic acids is 1. The minimum absolute atomic E-state index is 0. The van der Waals surface area contributed by atoms with E-state index in [1.165, 1.54) is 12.8 Å². The monoisotopic (exact) mass is 516 g/mol. The molecule has 1 aromatic carbocycles. The highest BCUT2D eigenvalue weighted by molar-refractivity contribution is 14.0. The number of hydrogen-bond acceptors (Lipinski definition) is 5. The second kappa shape index (κ2) is 11.5. The molecule has 162 valence electrons. The number of aliphatic imine (C=N–C) groups is 1. The highest BCUT2D eigenvalue weighted by atomic mass is 127. The van der Waals surface area contributed by atoms with Crippen LogP contribution in [0, 0.1) is 11.8 Å². The molecule has 8 heteroatoms. The summed E-state index contributed by atoms with van der Waals surface area (Å²) in [6.07, 6.45) is 2.80. The van der Waals surface area contributed by atoms with E-state index in [1.54, 1.807) is 7.11 Å². The van der Waals surface area contributed by atoms with E-state index in [4.69, 9.17) is 9.47 Å². The van der Waals surface area contributed by atoms with E-state index in [9.17, 15) is 4.79 Å². The Kier molecular flexibility index (Phi) is 9.32. The van der Waals surface area contributed by atoms with Crippen LogP contribution in [0.4, 0.5) is 5.69 Å². The largest absolute Gasteiger partial charge is 0.497 e. The van der Waals surface area contributed by atoms with E-state index in [2.05, 4.69) is 32.2 Å². The minimum Gasteiger partial charge on any atom is -0.497 e. The zero-order valence-corrected chi connectivity index (χ0v) is 19.9. The number of esters is 1. The number of anilines is 1. The number of benzene rings is 1. The number of guanidine groups is 1. The van der Waals surface area contributed by atoms with Crippen LogP contribution in [0.5, 0.6) is 5.75 Å². The van der Waals surface area contributed by atoms with Gasteiger partial charge < -0.3 is 24.6 Å². The number of nitrogens with one attached hydrogen (secondary N) is 1. The third-order valence-electron chi connectivity index (χ3n) is 5.79. The first-order chi connectivity index (χ1) is 13.6. The molecule has 29 heavy (non-hydrogen) atoms. The predicted octanol–water partition coefficient (Wildman–Crippen LogP) is 2.60. The number of nitrogens with zero attached hydrogens (tertiary/aromatic N) is 3. The lowest BCUT2D eigenvalue weighted by Gasteiger charge is -2.33. The fourth-order valence-electron chi connectivity index (χ4n) is 4.10. The van der Waals surface area contributed by atoms with Crippen LogP contribution in [0.1, 0.15) is 19.3 Å². The molecular formula is C21H33IN4O3. The SMILES string of the molecule is CN=C(NCC1CCN(c2cccc(OC)c2)C1)N1CCC(C(=O)OC)CC1.I. The molecule has 3 rings (SSSR count). The molecule has 0 amide bonds. The zero-order chi connectivity index (χ0) is 19.9. The lowest BCUT2D eigenvalue weighted by Crippen LogP contribution is -2.47. The van der Waals surface area contributed by atoms with E-state index in [-0.39, 0.29) is 35.9 Å². The summed E-state index contributed by atoms with van der Waals surface area (Å²) in [7, 11) is 4.99. The van der Waals surface area contributed by atoms with Gasteiger partial charge in [-0.3, -0.25) is 9.79 Å².